The monoisotopic (exact) mass is 268 g/mol. The molecule has 0 spiro atoms. The van der Waals surface area contributed by atoms with Crippen molar-refractivity contribution in [3.8, 4) is 0 Å². The van der Waals surface area contributed by atoms with Gasteiger partial charge in [0.15, 0.2) is 0 Å². The number of carbonyl (C=O) groups is 1. The van der Waals surface area contributed by atoms with Crippen molar-refractivity contribution >= 4 is 23.1 Å². The Hall–Kier alpha value is -0.850. The quantitative estimate of drug-likeness (QED) is 0.571. The van der Waals surface area contributed by atoms with Gasteiger partial charge in [0.1, 0.15) is 0 Å². The molecule has 0 bridgehead atoms. The number of carbonyl (C=O) groups excluding carboxylic acids is 1. The zero-order valence-electron chi connectivity index (χ0n) is 9.27. The molecule has 1 saturated carbocycles. The predicted molar refractivity (Wildman–Crippen MR) is 61.4 cm³/mol. The van der Waals surface area contributed by atoms with Crippen molar-refractivity contribution in [3.63, 3.8) is 0 Å². The van der Waals surface area contributed by atoms with Gasteiger partial charge in [0.25, 0.3) is 0 Å². The van der Waals surface area contributed by atoms with Crippen molar-refractivity contribution in [2.45, 2.75) is 38.3 Å². The lowest BCUT2D eigenvalue weighted by Crippen LogP contribution is -2.39. The van der Waals surface area contributed by atoms with E-state index in [-0.39, 0.29) is 23.9 Å². The molecule has 0 atom stereocenters. The molecule has 0 radical (unpaired) electrons. The molecule has 7 heteroatoms. The summed E-state index contributed by atoms with van der Waals surface area (Å²) in [7, 11) is 0. The van der Waals surface area contributed by atoms with E-state index < -0.39 is 18.0 Å². The highest BCUT2D eigenvalue weighted by atomic mass is 32.1. The van der Waals surface area contributed by atoms with Gasteiger partial charge in [-0.2, -0.15) is 13.2 Å². The molecule has 1 fully saturated rings. The molecule has 98 valence electrons. The van der Waals surface area contributed by atoms with Crippen molar-refractivity contribution in [3.05, 3.63) is 0 Å². The fourth-order valence-corrected chi connectivity index (χ4v) is 1.83. The Morgan fingerprint density at radius 1 is 1.35 bits per heavy atom. The lowest BCUT2D eigenvalue weighted by molar-refractivity contribution is -0.135. The molecule has 0 heterocycles. The molecular formula is C10H15F3N2OS. The maximum Gasteiger partial charge on any atom is 0.389 e. The number of unbranched alkanes of at least 4 members (excludes halogenated alkanes) is 1. The molecule has 1 amide bonds. The Morgan fingerprint density at radius 2 is 1.94 bits per heavy atom. The summed E-state index contributed by atoms with van der Waals surface area (Å²) >= 11 is 4.79. The van der Waals surface area contributed by atoms with E-state index >= 15 is 0 Å². The normalized spacial score (nSPS) is 17.6. The fourth-order valence-electron chi connectivity index (χ4n) is 1.53. The summed E-state index contributed by atoms with van der Waals surface area (Å²) in [5.41, 5.74) is 4.72. The van der Waals surface area contributed by atoms with Gasteiger partial charge < -0.3 is 11.1 Å². The van der Waals surface area contributed by atoms with E-state index in [1.807, 2.05) is 0 Å². The molecule has 1 aliphatic carbocycles. The van der Waals surface area contributed by atoms with E-state index in [9.17, 15) is 18.0 Å². The zero-order valence-corrected chi connectivity index (χ0v) is 10.1. The van der Waals surface area contributed by atoms with E-state index in [0.717, 1.165) is 0 Å². The standard InChI is InChI=1S/C10H15F3N2OS/c11-10(12,13)3-1-2-6-15-8(16)9(4-5-9)7(14)17/h1-6H2,(H2,14,17)(H,15,16). The largest absolute Gasteiger partial charge is 0.392 e. The first-order chi connectivity index (χ1) is 7.78. The van der Waals surface area contributed by atoms with Crippen molar-refractivity contribution in [2.24, 2.45) is 11.1 Å². The zero-order chi connectivity index (χ0) is 13.1. The summed E-state index contributed by atoms with van der Waals surface area (Å²) < 4.78 is 35.5. The van der Waals surface area contributed by atoms with Crippen LogP contribution in [0, 0.1) is 5.41 Å². The average molecular weight is 268 g/mol. The number of nitrogens with two attached hydrogens (primary N) is 1. The second kappa shape index (κ2) is 5.20. The van der Waals surface area contributed by atoms with E-state index in [1.54, 1.807) is 0 Å². The van der Waals surface area contributed by atoms with Crippen LogP contribution >= 0.6 is 12.2 Å². The highest BCUT2D eigenvalue weighted by molar-refractivity contribution is 7.80. The maximum absolute atomic E-state index is 11.8. The molecule has 0 unspecified atom stereocenters. The van der Waals surface area contributed by atoms with Crippen LogP contribution in [0.5, 0.6) is 0 Å². The van der Waals surface area contributed by atoms with E-state index in [2.05, 4.69) is 5.32 Å². The first-order valence-corrected chi connectivity index (χ1v) is 5.84. The van der Waals surface area contributed by atoms with Gasteiger partial charge in [-0.3, -0.25) is 4.79 Å². The highest BCUT2D eigenvalue weighted by Gasteiger charge is 2.52. The van der Waals surface area contributed by atoms with Crippen LogP contribution in [0.25, 0.3) is 0 Å². The minimum Gasteiger partial charge on any atom is -0.392 e. The minimum absolute atomic E-state index is 0.0177. The Morgan fingerprint density at radius 3 is 2.35 bits per heavy atom. The number of amides is 1. The van der Waals surface area contributed by atoms with Crippen LogP contribution in [0.4, 0.5) is 13.2 Å². The van der Waals surface area contributed by atoms with E-state index in [0.29, 0.717) is 19.3 Å². The Kier molecular flexibility index (Phi) is 4.35. The number of hydrogen-bond acceptors (Lipinski definition) is 2. The summed E-state index contributed by atoms with van der Waals surface area (Å²) in [6.07, 6.45) is -3.35. The molecule has 3 N–H and O–H groups in total. The van der Waals surface area contributed by atoms with Crippen LogP contribution in [-0.2, 0) is 4.79 Å². The van der Waals surface area contributed by atoms with Gasteiger partial charge in [-0.15, -0.1) is 0 Å². The summed E-state index contributed by atoms with van der Waals surface area (Å²) in [6.45, 7) is 0.235. The first kappa shape index (κ1) is 14.2. The Bertz CT molecular complexity index is 313. The third kappa shape index (κ3) is 4.14. The van der Waals surface area contributed by atoms with Gasteiger partial charge in [0.05, 0.1) is 10.4 Å². The Labute approximate surface area is 103 Å². The van der Waals surface area contributed by atoms with Crippen LogP contribution in [-0.4, -0.2) is 23.6 Å². The van der Waals surface area contributed by atoms with E-state index in [4.69, 9.17) is 18.0 Å². The van der Waals surface area contributed by atoms with Crippen LogP contribution in [0.15, 0.2) is 0 Å². The van der Waals surface area contributed by atoms with E-state index in [1.165, 1.54) is 0 Å². The third-order valence-corrected chi connectivity index (χ3v) is 3.22. The first-order valence-electron chi connectivity index (χ1n) is 5.43. The second-order valence-corrected chi connectivity index (χ2v) is 4.71. The van der Waals surface area contributed by atoms with Crippen LogP contribution in [0.2, 0.25) is 0 Å². The molecule has 0 aromatic rings. The summed E-state index contributed by atoms with van der Waals surface area (Å²) in [5.74, 6) is -0.253. The molecule has 1 aliphatic rings. The van der Waals surface area contributed by atoms with Gasteiger partial charge in [-0.1, -0.05) is 12.2 Å². The van der Waals surface area contributed by atoms with Crippen molar-refractivity contribution in [1.29, 1.82) is 0 Å². The molecule has 17 heavy (non-hydrogen) atoms. The third-order valence-electron chi connectivity index (χ3n) is 2.83. The summed E-state index contributed by atoms with van der Waals surface area (Å²) in [6, 6.07) is 0. The smallest absolute Gasteiger partial charge is 0.389 e. The van der Waals surface area contributed by atoms with Crippen LogP contribution in [0.1, 0.15) is 32.1 Å². The summed E-state index contributed by atoms with van der Waals surface area (Å²) in [5, 5.41) is 2.58. The van der Waals surface area contributed by atoms with Gasteiger partial charge in [-0.05, 0) is 25.7 Å². The number of hydrogen-bond donors (Lipinski definition) is 2. The lowest BCUT2D eigenvalue weighted by Gasteiger charge is -2.13. The van der Waals surface area contributed by atoms with Crippen molar-refractivity contribution < 1.29 is 18.0 Å². The lowest BCUT2D eigenvalue weighted by atomic mass is 10.1. The number of thiocarbonyl (C=S) groups is 1. The van der Waals surface area contributed by atoms with Crippen molar-refractivity contribution in [1.82, 2.24) is 5.32 Å². The van der Waals surface area contributed by atoms with Crippen LogP contribution < -0.4 is 11.1 Å². The number of nitrogens with one attached hydrogen (secondary N) is 1. The molecular weight excluding hydrogens is 253 g/mol. The average Bonchev–Trinajstić information content (AvgIpc) is 2.95. The van der Waals surface area contributed by atoms with Crippen LogP contribution in [0.3, 0.4) is 0 Å². The second-order valence-electron chi connectivity index (χ2n) is 4.27. The van der Waals surface area contributed by atoms with Gasteiger partial charge in [0, 0.05) is 13.0 Å². The van der Waals surface area contributed by atoms with Crippen molar-refractivity contribution in [2.75, 3.05) is 6.54 Å². The van der Waals surface area contributed by atoms with Gasteiger partial charge in [-0.25, -0.2) is 0 Å². The summed E-state index contributed by atoms with van der Waals surface area (Å²) in [4.78, 5) is 11.8. The number of alkyl halides is 3. The Balaban J connectivity index is 2.16. The topological polar surface area (TPSA) is 55.1 Å². The molecule has 0 saturated heterocycles. The number of halogens is 3. The predicted octanol–water partition coefficient (Wildman–Crippen LogP) is 1.90. The molecule has 3 nitrogen and oxygen atoms in total. The van der Waals surface area contributed by atoms with Gasteiger partial charge in [0.2, 0.25) is 5.91 Å². The minimum atomic E-state index is -4.12. The molecule has 0 aromatic carbocycles. The number of rotatable bonds is 6. The molecule has 0 aromatic heterocycles. The molecule has 0 aliphatic heterocycles. The maximum atomic E-state index is 11.8. The van der Waals surface area contributed by atoms with Gasteiger partial charge >= 0.3 is 6.18 Å². The molecule has 1 rings (SSSR count). The SMILES string of the molecule is NC(=S)C1(C(=O)NCCCCC(F)(F)F)CC1. The fraction of sp³-hybridized carbons (Fsp3) is 0.800. The highest BCUT2D eigenvalue weighted by Crippen LogP contribution is 2.46.